The van der Waals surface area contributed by atoms with Gasteiger partial charge in [0.25, 0.3) is 5.91 Å². The minimum absolute atomic E-state index is 0.0389. The number of allylic oxidation sites excluding steroid dienone is 1. The molecule has 1 aromatic heterocycles. The van der Waals surface area contributed by atoms with E-state index >= 15 is 0 Å². The van der Waals surface area contributed by atoms with Crippen LogP contribution in [-0.2, 0) is 4.79 Å². The fourth-order valence-corrected chi connectivity index (χ4v) is 3.67. The minimum atomic E-state index is -0.538. The molecule has 0 radical (unpaired) electrons. The van der Waals surface area contributed by atoms with Gasteiger partial charge in [-0.2, -0.15) is 5.26 Å². The number of carbonyl (C=O) groups is 1. The highest BCUT2D eigenvalue weighted by atomic mass is 79.9. The average Bonchev–Trinajstić information content (AvgIpc) is 2.78. The molecule has 2 aromatic carbocycles. The number of anilines is 3. The summed E-state index contributed by atoms with van der Waals surface area (Å²) in [6, 6.07) is 9.83. The minimum Gasteiger partial charge on any atom is -0.489 e. The van der Waals surface area contributed by atoms with Crippen molar-refractivity contribution < 1.29 is 13.9 Å². The molecule has 4 rings (SSSR count). The maximum atomic E-state index is 13.5. The lowest BCUT2D eigenvalue weighted by Crippen LogP contribution is -2.36. The molecule has 6 nitrogen and oxygen atoms in total. The van der Waals surface area contributed by atoms with Crippen molar-refractivity contribution in [1.29, 1.82) is 5.26 Å². The molecule has 0 fully saturated rings. The van der Waals surface area contributed by atoms with Crippen molar-refractivity contribution in [3.8, 4) is 11.8 Å². The van der Waals surface area contributed by atoms with E-state index in [2.05, 4.69) is 32.3 Å². The number of nitriles is 1. The smallest absolute Gasteiger partial charge is 0.250 e. The standard InChI is InChI=1S/C22H15BrClFN4O2/c23-5-1-2-21(30)29-6-7-31-20-10-18-15(9-19(20)29)22(13(11-26)12-27-18)28-14-3-4-17(25)16(24)8-14/h1-4,8-10,12H,5-7H2,(H,27,28). The molecule has 3 aromatic rings. The number of pyridine rings is 1. The summed E-state index contributed by atoms with van der Waals surface area (Å²) in [5.74, 6) is -0.177. The van der Waals surface area contributed by atoms with Gasteiger partial charge in [0.1, 0.15) is 24.2 Å². The van der Waals surface area contributed by atoms with Gasteiger partial charge in [-0.05, 0) is 24.3 Å². The Morgan fingerprint density at radius 2 is 2.26 bits per heavy atom. The van der Waals surface area contributed by atoms with Crippen molar-refractivity contribution >= 4 is 61.4 Å². The number of ether oxygens (including phenoxy) is 1. The summed E-state index contributed by atoms with van der Waals surface area (Å²) < 4.78 is 19.3. The number of benzene rings is 2. The van der Waals surface area contributed by atoms with Crippen LogP contribution >= 0.6 is 27.5 Å². The first-order valence-corrected chi connectivity index (χ1v) is 10.8. The molecule has 31 heavy (non-hydrogen) atoms. The molecule has 9 heteroatoms. The van der Waals surface area contributed by atoms with Gasteiger partial charge < -0.3 is 15.0 Å². The number of hydrogen-bond acceptors (Lipinski definition) is 5. The second-order valence-corrected chi connectivity index (χ2v) is 7.70. The van der Waals surface area contributed by atoms with Crippen molar-refractivity contribution in [2.75, 3.05) is 28.7 Å². The molecule has 0 bridgehead atoms. The molecule has 0 saturated carbocycles. The van der Waals surface area contributed by atoms with Crippen LogP contribution in [0.2, 0.25) is 5.02 Å². The second kappa shape index (κ2) is 8.92. The first kappa shape index (κ1) is 21.1. The number of hydrogen-bond donors (Lipinski definition) is 1. The average molecular weight is 502 g/mol. The van der Waals surface area contributed by atoms with Gasteiger partial charge in [-0.25, -0.2) is 4.39 Å². The summed E-state index contributed by atoms with van der Waals surface area (Å²) in [4.78, 5) is 18.6. The zero-order valence-corrected chi connectivity index (χ0v) is 18.4. The molecule has 1 N–H and O–H groups in total. The van der Waals surface area contributed by atoms with Crippen LogP contribution in [0.1, 0.15) is 5.56 Å². The van der Waals surface area contributed by atoms with Crippen molar-refractivity contribution in [2.45, 2.75) is 0 Å². The lowest BCUT2D eigenvalue weighted by Gasteiger charge is -2.29. The van der Waals surface area contributed by atoms with E-state index in [1.807, 2.05) is 0 Å². The Bertz CT molecular complexity index is 1260. The molecule has 2 heterocycles. The summed E-state index contributed by atoms with van der Waals surface area (Å²) in [5, 5.41) is 13.9. The lowest BCUT2D eigenvalue weighted by atomic mass is 10.1. The SMILES string of the molecule is N#Cc1cnc2cc3c(cc2c1Nc1ccc(F)c(Cl)c1)N(C(=O)C=CCBr)CCO3. The van der Waals surface area contributed by atoms with Gasteiger partial charge in [0, 0.05) is 34.7 Å². The summed E-state index contributed by atoms with van der Waals surface area (Å²) in [6.45, 7) is 0.757. The van der Waals surface area contributed by atoms with Gasteiger partial charge >= 0.3 is 0 Å². The number of rotatable bonds is 4. The van der Waals surface area contributed by atoms with Crippen LogP contribution in [0.15, 0.2) is 48.7 Å². The third-order valence-corrected chi connectivity index (χ3v) is 5.40. The molecule has 0 saturated heterocycles. The summed E-state index contributed by atoms with van der Waals surface area (Å²) >= 11 is 9.17. The molecule has 0 aliphatic carbocycles. The molecule has 1 amide bonds. The van der Waals surface area contributed by atoms with Crippen molar-refractivity contribution in [3.63, 3.8) is 0 Å². The van der Waals surface area contributed by atoms with Gasteiger partial charge in [-0.15, -0.1) is 0 Å². The Morgan fingerprint density at radius 3 is 3.00 bits per heavy atom. The molecule has 1 aliphatic heterocycles. The molecular weight excluding hydrogens is 487 g/mol. The maximum absolute atomic E-state index is 13.5. The van der Waals surface area contributed by atoms with Crippen LogP contribution in [0, 0.1) is 17.1 Å². The zero-order valence-electron chi connectivity index (χ0n) is 16.0. The highest BCUT2D eigenvalue weighted by Gasteiger charge is 2.24. The normalized spacial score (nSPS) is 13.0. The highest BCUT2D eigenvalue weighted by Crippen LogP contribution is 2.39. The van der Waals surface area contributed by atoms with E-state index in [-0.39, 0.29) is 10.9 Å². The fraction of sp³-hybridized carbons (Fsp3) is 0.136. The molecule has 1 aliphatic rings. The van der Waals surface area contributed by atoms with Crippen LogP contribution in [0.4, 0.5) is 21.5 Å². The number of nitrogens with one attached hydrogen (secondary N) is 1. The van der Waals surface area contributed by atoms with Crippen LogP contribution in [0.5, 0.6) is 5.75 Å². The van der Waals surface area contributed by atoms with E-state index in [0.29, 0.717) is 57.8 Å². The van der Waals surface area contributed by atoms with Crippen LogP contribution in [0.3, 0.4) is 0 Å². The van der Waals surface area contributed by atoms with E-state index in [1.165, 1.54) is 30.5 Å². The third kappa shape index (κ3) is 4.20. The highest BCUT2D eigenvalue weighted by molar-refractivity contribution is 9.09. The number of amides is 1. The molecule has 0 spiro atoms. The van der Waals surface area contributed by atoms with Gasteiger partial charge in [0.15, 0.2) is 0 Å². The number of carbonyl (C=O) groups excluding carboxylic acids is 1. The second-order valence-electron chi connectivity index (χ2n) is 6.64. The van der Waals surface area contributed by atoms with Gasteiger partial charge in [-0.3, -0.25) is 9.78 Å². The van der Waals surface area contributed by atoms with Gasteiger partial charge in [-0.1, -0.05) is 33.6 Å². The third-order valence-electron chi connectivity index (χ3n) is 4.74. The van der Waals surface area contributed by atoms with Gasteiger partial charge in [0.05, 0.1) is 34.0 Å². The summed E-state index contributed by atoms with van der Waals surface area (Å²) in [6.07, 6.45) is 4.67. The molecule has 0 atom stereocenters. The molecular formula is C22H15BrClFN4O2. The number of alkyl halides is 1. The quantitative estimate of drug-likeness (QED) is 0.387. The zero-order chi connectivity index (χ0) is 22.0. The van der Waals surface area contributed by atoms with E-state index in [4.69, 9.17) is 16.3 Å². The fourth-order valence-electron chi connectivity index (χ4n) is 3.30. The van der Waals surface area contributed by atoms with Crippen molar-refractivity contribution in [2.24, 2.45) is 0 Å². The Balaban J connectivity index is 1.85. The molecule has 0 unspecified atom stereocenters. The van der Waals surface area contributed by atoms with Crippen molar-refractivity contribution in [3.05, 3.63) is 65.1 Å². The van der Waals surface area contributed by atoms with Gasteiger partial charge in [0.2, 0.25) is 0 Å². The summed E-state index contributed by atoms with van der Waals surface area (Å²) in [5.41, 5.74) is 2.45. The predicted octanol–water partition coefficient (Wildman–Crippen LogP) is 5.32. The number of halogens is 3. The number of fused-ring (bicyclic) bond motifs is 2. The summed E-state index contributed by atoms with van der Waals surface area (Å²) in [7, 11) is 0. The molecule has 156 valence electrons. The Kier molecular flexibility index (Phi) is 6.07. The first-order valence-electron chi connectivity index (χ1n) is 9.27. The van der Waals surface area contributed by atoms with Crippen LogP contribution in [0.25, 0.3) is 10.9 Å². The predicted molar refractivity (Wildman–Crippen MR) is 122 cm³/mol. The number of aromatic nitrogens is 1. The van der Waals surface area contributed by atoms with Crippen LogP contribution < -0.4 is 15.0 Å². The van der Waals surface area contributed by atoms with E-state index in [9.17, 15) is 14.4 Å². The Morgan fingerprint density at radius 1 is 1.42 bits per heavy atom. The Labute approximate surface area is 191 Å². The monoisotopic (exact) mass is 500 g/mol. The van der Waals surface area contributed by atoms with Crippen LogP contribution in [-0.4, -0.2) is 29.4 Å². The lowest BCUT2D eigenvalue weighted by molar-refractivity contribution is -0.114. The maximum Gasteiger partial charge on any atom is 0.250 e. The topological polar surface area (TPSA) is 78.3 Å². The van der Waals surface area contributed by atoms with E-state index < -0.39 is 5.82 Å². The first-order chi connectivity index (χ1) is 15.0. The Hall–Kier alpha value is -3.15. The van der Waals surface area contributed by atoms with E-state index in [0.717, 1.165) is 0 Å². The number of nitrogens with zero attached hydrogens (tertiary/aromatic N) is 3. The van der Waals surface area contributed by atoms with Crippen molar-refractivity contribution in [1.82, 2.24) is 4.98 Å². The van der Waals surface area contributed by atoms with E-state index in [1.54, 1.807) is 23.1 Å². The largest absolute Gasteiger partial charge is 0.489 e.